The molecule has 1 N–H and O–H groups in total. The minimum atomic E-state index is -0.108. The molecule has 1 fully saturated rings. The number of carbonyl (C=O) groups is 1. The predicted octanol–water partition coefficient (Wildman–Crippen LogP) is 1.27. The van der Waals surface area contributed by atoms with Crippen LogP contribution in [0.1, 0.15) is 28.9 Å². The molecular formula is C9H12ClN3O. The van der Waals surface area contributed by atoms with Crippen molar-refractivity contribution >= 4 is 17.5 Å². The molecule has 1 heterocycles. The van der Waals surface area contributed by atoms with E-state index in [2.05, 4.69) is 10.4 Å². The maximum Gasteiger partial charge on any atom is 0.256 e. The van der Waals surface area contributed by atoms with E-state index in [-0.39, 0.29) is 5.91 Å². The van der Waals surface area contributed by atoms with Crippen LogP contribution in [0.4, 0.5) is 0 Å². The van der Waals surface area contributed by atoms with Crippen molar-refractivity contribution in [3.05, 3.63) is 16.4 Å². The van der Waals surface area contributed by atoms with Gasteiger partial charge in [0.1, 0.15) is 5.15 Å². The SMILES string of the molecule is Cc1nn(C)c(Cl)c1C(=O)NC1CC1. The van der Waals surface area contributed by atoms with Gasteiger partial charge in [0.15, 0.2) is 0 Å². The molecule has 1 aliphatic carbocycles. The van der Waals surface area contributed by atoms with Gasteiger partial charge in [0.2, 0.25) is 0 Å². The summed E-state index contributed by atoms with van der Waals surface area (Å²) in [6.45, 7) is 1.79. The largest absolute Gasteiger partial charge is 0.349 e. The molecule has 4 nitrogen and oxygen atoms in total. The number of hydrogen-bond acceptors (Lipinski definition) is 2. The highest BCUT2D eigenvalue weighted by Crippen LogP contribution is 2.22. The molecule has 1 amide bonds. The zero-order valence-electron chi connectivity index (χ0n) is 8.17. The average molecular weight is 214 g/mol. The molecule has 0 bridgehead atoms. The number of nitrogens with zero attached hydrogens (tertiary/aromatic N) is 2. The summed E-state index contributed by atoms with van der Waals surface area (Å²) in [5.74, 6) is -0.108. The Morgan fingerprint density at radius 3 is 2.71 bits per heavy atom. The zero-order chi connectivity index (χ0) is 10.3. The van der Waals surface area contributed by atoms with Crippen LogP contribution in [0, 0.1) is 6.92 Å². The van der Waals surface area contributed by atoms with Crippen molar-refractivity contribution < 1.29 is 4.79 Å². The van der Waals surface area contributed by atoms with E-state index in [1.807, 2.05) is 0 Å². The highest BCUT2D eigenvalue weighted by Gasteiger charge is 2.27. The normalized spacial score (nSPS) is 15.6. The van der Waals surface area contributed by atoms with Crippen molar-refractivity contribution in [2.45, 2.75) is 25.8 Å². The Morgan fingerprint density at radius 1 is 1.64 bits per heavy atom. The summed E-state index contributed by atoms with van der Waals surface area (Å²) in [7, 11) is 1.73. The highest BCUT2D eigenvalue weighted by molar-refractivity contribution is 6.33. The third-order valence-electron chi connectivity index (χ3n) is 2.29. The number of amides is 1. The standard InChI is InChI=1S/C9H12ClN3O/c1-5-7(8(10)13(2)12-5)9(14)11-6-3-4-6/h6H,3-4H2,1-2H3,(H,11,14). The van der Waals surface area contributed by atoms with Crippen molar-refractivity contribution in [1.29, 1.82) is 0 Å². The lowest BCUT2D eigenvalue weighted by atomic mass is 10.2. The van der Waals surface area contributed by atoms with Crippen LogP contribution >= 0.6 is 11.6 Å². The van der Waals surface area contributed by atoms with E-state index >= 15 is 0 Å². The van der Waals surface area contributed by atoms with Crippen LogP contribution in [0.2, 0.25) is 5.15 Å². The van der Waals surface area contributed by atoms with Crippen LogP contribution in [0.5, 0.6) is 0 Å². The number of aromatic nitrogens is 2. The average Bonchev–Trinajstić information content (AvgIpc) is 2.83. The summed E-state index contributed by atoms with van der Waals surface area (Å²) < 4.78 is 1.51. The molecule has 0 aliphatic heterocycles. The van der Waals surface area contributed by atoms with Crippen molar-refractivity contribution in [2.75, 3.05) is 0 Å². The first kappa shape index (κ1) is 9.52. The minimum absolute atomic E-state index is 0.108. The van der Waals surface area contributed by atoms with Gasteiger partial charge in [-0.3, -0.25) is 9.48 Å². The van der Waals surface area contributed by atoms with Gasteiger partial charge >= 0.3 is 0 Å². The summed E-state index contributed by atoms with van der Waals surface area (Å²) >= 11 is 5.95. The van der Waals surface area contributed by atoms with Crippen LogP contribution in [-0.2, 0) is 7.05 Å². The quantitative estimate of drug-likeness (QED) is 0.805. The first-order chi connectivity index (χ1) is 6.59. The molecule has 0 saturated heterocycles. The number of halogens is 1. The number of nitrogens with one attached hydrogen (secondary N) is 1. The van der Waals surface area contributed by atoms with Gasteiger partial charge in [-0.15, -0.1) is 0 Å². The van der Waals surface area contributed by atoms with Crippen LogP contribution < -0.4 is 5.32 Å². The number of carbonyl (C=O) groups excluding carboxylic acids is 1. The number of aryl methyl sites for hydroxylation is 2. The summed E-state index contributed by atoms with van der Waals surface area (Å²) in [5.41, 5.74) is 1.18. The Hall–Kier alpha value is -1.03. The Morgan fingerprint density at radius 2 is 2.29 bits per heavy atom. The summed E-state index contributed by atoms with van der Waals surface area (Å²) in [6.07, 6.45) is 2.14. The monoisotopic (exact) mass is 213 g/mol. The van der Waals surface area contributed by atoms with E-state index in [1.54, 1.807) is 14.0 Å². The lowest BCUT2D eigenvalue weighted by Crippen LogP contribution is -2.25. The van der Waals surface area contributed by atoms with Crippen LogP contribution in [-0.4, -0.2) is 21.7 Å². The molecule has 1 saturated carbocycles. The molecule has 5 heteroatoms. The molecule has 0 unspecified atom stereocenters. The van der Waals surface area contributed by atoms with Gasteiger partial charge in [0, 0.05) is 13.1 Å². The van der Waals surface area contributed by atoms with Gasteiger partial charge in [0.05, 0.1) is 11.3 Å². The Kier molecular flexibility index (Phi) is 2.23. The van der Waals surface area contributed by atoms with Gasteiger partial charge in [-0.25, -0.2) is 0 Å². The minimum Gasteiger partial charge on any atom is -0.349 e. The third kappa shape index (κ3) is 1.62. The Bertz CT molecular complexity index is 382. The molecular weight excluding hydrogens is 202 g/mol. The molecule has 0 atom stereocenters. The second-order valence-corrected chi connectivity index (χ2v) is 3.98. The number of rotatable bonds is 2. The van der Waals surface area contributed by atoms with Crippen molar-refractivity contribution in [3.8, 4) is 0 Å². The predicted molar refractivity (Wildman–Crippen MR) is 53.4 cm³/mol. The van der Waals surface area contributed by atoms with Crippen molar-refractivity contribution in [1.82, 2.24) is 15.1 Å². The van der Waals surface area contributed by atoms with Crippen molar-refractivity contribution in [3.63, 3.8) is 0 Å². The van der Waals surface area contributed by atoms with Gasteiger partial charge in [-0.1, -0.05) is 11.6 Å². The van der Waals surface area contributed by atoms with Crippen molar-refractivity contribution in [2.24, 2.45) is 7.05 Å². The van der Waals surface area contributed by atoms with Gasteiger partial charge in [0.25, 0.3) is 5.91 Å². The number of hydrogen-bond donors (Lipinski definition) is 1. The fourth-order valence-corrected chi connectivity index (χ4v) is 1.63. The van der Waals surface area contributed by atoms with E-state index in [4.69, 9.17) is 11.6 Å². The van der Waals surface area contributed by atoms with E-state index in [1.165, 1.54) is 4.68 Å². The summed E-state index contributed by atoms with van der Waals surface area (Å²) in [4.78, 5) is 11.7. The smallest absolute Gasteiger partial charge is 0.256 e. The first-order valence-electron chi connectivity index (χ1n) is 4.59. The van der Waals surface area contributed by atoms with Crippen LogP contribution in [0.15, 0.2) is 0 Å². The van der Waals surface area contributed by atoms with Crippen LogP contribution in [0.25, 0.3) is 0 Å². The van der Waals surface area contributed by atoms with Gasteiger partial charge < -0.3 is 5.32 Å². The third-order valence-corrected chi connectivity index (χ3v) is 2.73. The lowest BCUT2D eigenvalue weighted by molar-refractivity contribution is 0.0950. The van der Waals surface area contributed by atoms with E-state index in [0.717, 1.165) is 12.8 Å². The molecule has 0 aromatic carbocycles. The van der Waals surface area contributed by atoms with Gasteiger partial charge in [-0.2, -0.15) is 5.10 Å². The van der Waals surface area contributed by atoms with Crippen LogP contribution in [0.3, 0.4) is 0 Å². The van der Waals surface area contributed by atoms with E-state index in [9.17, 15) is 4.79 Å². The fraction of sp³-hybridized carbons (Fsp3) is 0.556. The molecule has 14 heavy (non-hydrogen) atoms. The molecule has 1 aliphatic rings. The topological polar surface area (TPSA) is 46.9 Å². The first-order valence-corrected chi connectivity index (χ1v) is 4.97. The summed E-state index contributed by atoms with van der Waals surface area (Å²) in [6, 6.07) is 0.346. The Balaban J connectivity index is 2.24. The maximum atomic E-state index is 11.7. The molecule has 2 rings (SSSR count). The second kappa shape index (κ2) is 3.28. The Labute approximate surface area is 87.2 Å². The zero-order valence-corrected chi connectivity index (χ0v) is 8.93. The lowest BCUT2D eigenvalue weighted by Gasteiger charge is -2.01. The molecule has 1 aromatic rings. The highest BCUT2D eigenvalue weighted by atomic mass is 35.5. The summed E-state index contributed by atoms with van der Waals surface area (Å²) in [5, 5.41) is 7.38. The maximum absolute atomic E-state index is 11.7. The second-order valence-electron chi connectivity index (χ2n) is 3.62. The fourth-order valence-electron chi connectivity index (χ4n) is 1.37. The van der Waals surface area contributed by atoms with E-state index < -0.39 is 0 Å². The molecule has 0 spiro atoms. The van der Waals surface area contributed by atoms with Gasteiger partial charge in [-0.05, 0) is 19.8 Å². The molecule has 0 radical (unpaired) electrons. The molecule has 1 aromatic heterocycles. The molecule has 76 valence electrons. The van der Waals surface area contributed by atoms with E-state index in [0.29, 0.717) is 22.5 Å².